The summed E-state index contributed by atoms with van der Waals surface area (Å²) in [6, 6.07) is 7.88. The van der Waals surface area contributed by atoms with Crippen molar-refractivity contribution in [3.05, 3.63) is 28.8 Å². The van der Waals surface area contributed by atoms with Crippen molar-refractivity contribution in [2.75, 3.05) is 18.0 Å². The highest BCUT2D eigenvalue weighted by molar-refractivity contribution is 6.30. The summed E-state index contributed by atoms with van der Waals surface area (Å²) < 4.78 is 0. The largest absolute Gasteiger partial charge is 0.370 e. The molecule has 3 nitrogen and oxygen atoms in total. The van der Waals surface area contributed by atoms with Gasteiger partial charge in [0.15, 0.2) is 0 Å². The van der Waals surface area contributed by atoms with Crippen LogP contribution in [0.1, 0.15) is 18.9 Å². The van der Waals surface area contributed by atoms with Crippen LogP contribution in [0, 0.1) is 17.2 Å². The molecule has 2 atom stereocenters. The van der Waals surface area contributed by atoms with E-state index in [9.17, 15) is 0 Å². The van der Waals surface area contributed by atoms with E-state index in [2.05, 4.69) is 11.0 Å². The van der Waals surface area contributed by atoms with Gasteiger partial charge in [0.25, 0.3) is 0 Å². The van der Waals surface area contributed by atoms with Gasteiger partial charge in [0, 0.05) is 24.2 Å². The van der Waals surface area contributed by atoms with Gasteiger partial charge in [0.05, 0.1) is 11.3 Å². The standard InChI is InChI=1S/C13H16ClN3/c1-9(16)10-4-5-17(8-10)13-3-2-12(14)6-11(13)7-15/h2-3,6,9-10H,4-5,8,16H2,1H3. The number of hydrogen-bond acceptors (Lipinski definition) is 3. The second-order valence-electron chi connectivity index (χ2n) is 4.63. The number of nitrogens with zero attached hydrogens (tertiary/aromatic N) is 2. The SMILES string of the molecule is CC(N)C1CCN(c2ccc(Cl)cc2C#N)C1. The molecule has 1 aliphatic heterocycles. The molecule has 1 aliphatic rings. The average Bonchev–Trinajstić information content (AvgIpc) is 2.78. The van der Waals surface area contributed by atoms with Gasteiger partial charge in [-0.25, -0.2) is 0 Å². The van der Waals surface area contributed by atoms with Crippen molar-refractivity contribution in [2.45, 2.75) is 19.4 Å². The van der Waals surface area contributed by atoms with E-state index in [1.54, 1.807) is 6.07 Å². The lowest BCUT2D eigenvalue weighted by Gasteiger charge is -2.21. The Hall–Kier alpha value is -1.24. The molecule has 2 rings (SSSR count). The quantitative estimate of drug-likeness (QED) is 0.876. The van der Waals surface area contributed by atoms with Gasteiger partial charge in [-0.1, -0.05) is 11.6 Å². The first kappa shape index (κ1) is 12.2. The summed E-state index contributed by atoms with van der Waals surface area (Å²) in [6.07, 6.45) is 1.09. The fourth-order valence-corrected chi connectivity index (χ4v) is 2.48. The van der Waals surface area contributed by atoms with E-state index in [0.29, 0.717) is 16.5 Å². The third-order valence-electron chi connectivity index (χ3n) is 3.39. The zero-order valence-corrected chi connectivity index (χ0v) is 10.6. The van der Waals surface area contributed by atoms with Gasteiger partial charge in [-0.2, -0.15) is 5.26 Å². The van der Waals surface area contributed by atoms with Crippen molar-refractivity contribution in [1.29, 1.82) is 5.26 Å². The molecule has 1 aromatic carbocycles. The number of nitriles is 1. The van der Waals surface area contributed by atoms with E-state index in [-0.39, 0.29) is 6.04 Å². The summed E-state index contributed by atoms with van der Waals surface area (Å²) >= 11 is 5.89. The van der Waals surface area contributed by atoms with E-state index in [1.807, 2.05) is 19.1 Å². The van der Waals surface area contributed by atoms with E-state index >= 15 is 0 Å². The lowest BCUT2D eigenvalue weighted by molar-refractivity contribution is 0.488. The van der Waals surface area contributed by atoms with Crippen LogP contribution in [0.2, 0.25) is 5.02 Å². The second-order valence-corrected chi connectivity index (χ2v) is 5.06. The van der Waals surface area contributed by atoms with Crippen LogP contribution >= 0.6 is 11.6 Å². The average molecular weight is 250 g/mol. The van der Waals surface area contributed by atoms with E-state index < -0.39 is 0 Å². The molecule has 0 saturated carbocycles. The van der Waals surface area contributed by atoms with Crippen molar-refractivity contribution in [2.24, 2.45) is 11.7 Å². The molecule has 1 heterocycles. The van der Waals surface area contributed by atoms with E-state index in [0.717, 1.165) is 25.2 Å². The summed E-state index contributed by atoms with van der Waals surface area (Å²) in [7, 11) is 0. The minimum absolute atomic E-state index is 0.206. The zero-order chi connectivity index (χ0) is 12.4. The molecule has 1 aromatic rings. The first-order chi connectivity index (χ1) is 8.11. The van der Waals surface area contributed by atoms with Gasteiger partial charge in [-0.05, 0) is 37.5 Å². The van der Waals surface area contributed by atoms with Crippen molar-refractivity contribution >= 4 is 17.3 Å². The molecule has 0 aromatic heterocycles. The van der Waals surface area contributed by atoms with Gasteiger partial charge >= 0.3 is 0 Å². The lowest BCUT2D eigenvalue weighted by Crippen LogP contribution is -2.29. The number of hydrogen-bond donors (Lipinski definition) is 1. The molecule has 1 saturated heterocycles. The molecular formula is C13H16ClN3. The highest BCUT2D eigenvalue weighted by atomic mass is 35.5. The minimum atomic E-state index is 0.206. The Morgan fingerprint density at radius 1 is 1.59 bits per heavy atom. The Kier molecular flexibility index (Phi) is 3.56. The van der Waals surface area contributed by atoms with Crippen LogP contribution in [-0.4, -0.2) is 19.1 Å². The molecule has 1 fully saturated rings. The number of rotatable bonds is 2. The fraction of sp³-hybridized carbons (Fsp3) is 0.462. The Bertz CT molecular complexity index is 450. The van der Waals surface area contributed by atoms with Crippen molar-refractivity contribution < 1.29 is 0 Å². The number of halogens is 1. The Labute approximate surface area is 107 Å². The van der Waals surface area contributed by atoms with Gasteiger partial charge in [0.1, 0.15) is 6.07 Å². The predicted octanol–water partition coefficient (Wildman–Crippen LogP) is 2.39. The van der Waals surface area contributed by atoms with Gasteiger partial charge in [-0.15, -0.1) is 0 Å². The Balaban J connectivity index is 2.22. The number of nitrogens with two attached hydrogens (primary N) is 1. The first-order valence-corrected chi connectivity index (χ1v) is 6.20. The molecule has 4 heteroatoms. The smallest absolute Gasteiger partial charge is 0.101 e. The highest BCUT2D eigenvalue weighted by Crippen LogP contribution is 2.29. The topological polar surface area (TPSA) is 53.0 Å². The Morgan fingerprint density at radius 2 is 2.35 bits per heavy atom. The molecular weight excluding hydrogens is 234 g/mol. The molecule has 0 bridgehead atoms. The number of anilines is 1. The van der Waals surface area contributed by atoms with E-state index in [4.69, 9.17) is 22.6 Å². The molecule has 0 aliphatic carbocycles. The maximum absolute atomic E-state index is 9.12. The van der Waals surface area contributed by atoms with Crippen molar-refractivity contribution in [3.63, 3.8) is 0 Å². The van der Waals surface area contributed by atoms with Crippen molar-refractivity contribution in [3.8, 4) is 6.07 Å². The summed E-state index contributed by atoms with van der Waals surface area (Å²) in [5.41, 5.74) is 7.53. The summed E-state index contributed by atoms with van der Waals surface area (Å²) in [5, 5.41) is 9.72. The summed E-state index contributed by atoms with van der Waals surface area (Å²) in [5.74, 6) is 0.511. The fourth-order valence-electron chi connectivity index (χ4n) is 2.31. The molecule has 0 radical (unpaired) electrons. The van der Waals surface area contributed by atoms with Gasteiger partial charge in [-0.3, -0.25) is 0 Å². The van der Waals surface area contributed by atoms with Crippen LogP contribution in [0.4, 0.5) is 5.69 Å². The lowest BCUT2D eigenvalue weighted by atomic mass is 10.0. The molecule has 90 valence electrons. The normalized spacial score (nSPS) is 21.3. The summed E-state index contributed by atoms with van der Waals surface area (Å²) in [6.45, 7) is 3.93. The van der Waals surface area contributed by atoms with Crippen LogP contribution in [-0.2, 0) is 0 Å². The molecule has 2 N–H and O–H groups in total. The molecule has 0 amide bonds. The highest BCUT2D eigenvalue weighted by Gasteiger charge is 2.26. The van der Waals surface area contributed by atoms with Crippen LogP contribution in [0.15, 0.2) is 18.2 Å². The minimum Gasteiger partial charge on any atom is -0.370 e. The summed E-state index contributed by atoms with van der Waals surface area (Å²) in [4.78, 5) is 2.23. The van der Waals surface area contributed by atoms with Crippen LogP contribution in [0.25, 0.3) is 0 Å². The first-order valence-electron chi connectivity index (χ1n) is 5.82. The third kappa shape index (κ3) is 2.54. The van der Waals surface area contributed by atoms with Crippen LogP contribution < -0.4 is 10.6 Å². The third-order valence-corrected chi connectivity index (χ3v) is 3.62. The maximum atomic E-state index is 9.12. The zero-order valence-electron chi connectivity index (χ0n) is 9.86. The maximum Gasteiger partial charge on any atom is 0.101 e. The monoisotopic (exact) mass is 249 g/mol. The van der Waals surface area contributed by atoms with Gasteiger partial charge in [0.2, 0.25) is 0 Å². The van der Waals surface area contributed by atoms with Crippen LogP contribution in [0.3, 0.4) is 0 Å². The predicted molar refractivity (Wildman–Crippen MR) is 70.1 cm³/mol. The molecule has 17 heavy (non-hydrogen) atoms. The molecule has 2 unspecified atom stereocenters. The van der Waals surface area contributed by atoms with Gasteiger partial charge < -0.3 is 10.6 Å². The van der Waals surface area contributed by atoms with Crippen LogP contribution in [0.5, 0.6) is 0 Å². The second kappa shape index (κ2) is 4.95. The van der Waals surface area contributed by atoms with E-state index in [1.165, 1.54) is 0 Å². The molecule has 0 spiro atoms. The van der Waals surface area contributed by atoms with Crippen molar-refractivity contribution in [1.82, 2.24) is 0 Å². The number of benzene rings is 1. The Morgan fingerprint density at radius 3 is 2.94 bits per heavy atom.